The molecule has 0 amide bonds. The molecule has 0 spiro atoms. The summed E-state index contributed by atoms with van der Waals surface area (Å²) in [5, 5.41) is 29.3. The Kier molecular flexibility index (Phi) is 4.36. The summed E-state index contributed by atoms with van der Waals surface area (Å²) in [7, 11) is 0. The van der Waals surface area contributed by atoms with E-state index in [0.29, 0.717) is 6.08 Å². The highest BCUT2D eigenvalue weighted by Gasteiger charge is 2.37. The van der Waals surface area contributed by atoms with Gasteiger partial charge in [-0.15, -0.1) is 0 Å². The molecular weight excluding hydrogens is 284 g/mol. The average Bonchev–Trinajstić information content (AvgIpc) is 2.78. The molecule has 0 aliphatic carbocycles. The molecule has 114 valence electrons. The maximum atomic E-state index is 11.8. The summed E-state index contributed by atoms with van der Waals surface area (Å²) in [6, 6.07) is 0. The van der Waals surface area contributed by atoms with Crippen molar-refractivity contribution in [2.75, 3.05) is 13.2 Å². The number of carbonyl (C=O) groups excluding carboxylic acids is 1. The van der Waals surface area contributed by atoms with Crippen molar-refractivity contribution in [3.05, 3.63) is 38.7 Å². The maximum absolute atomic E-state index is 11.8. The molecular formula is C12H13N2O7-. The lowest BCUT2D eigenvalue weighted by Gasteiger charge is -2.18. The van der Waals surface area contributed by atoms with Crippen LogP contribution in [0, 0.1) is 5.92 Å². The number of carbonyl (C=O) groups is 1. The van der Waals surface area contributed by atoms with Gasteiger partial charge in [-0.2, -0.15) is 0 Å². The average molecular weight is 297 g/mol. The normalized spacial score (nSPS) is 25.5. The van der Waals surface area contributed by atoms with Crippen molar-refractivity contribution in [1.82, 2.24) is 9.55 Å². The van der Waals surface area contributed by atoms with Crippen molar-refractivity contribution in [2.45, 2.75) is 12.3 Å². The summed E-state index contributed by atoms with van der Waals surface area (Å²) in [5.74, 6) is -2.04. The Labute approximate surface area is 117 Å². The summed E-state index contributed by atoms with van der Waals surface area (Å²) >= 11 is 0. The van der Waals surface area contributed by atoms with Gasteiger partial charge in [-0.3, -0.25) is 14.3 Å². The zero-order valence-electron chi connectivity index (χ0n) is 10.8. The zero-order chi connectivity index (χ0) is 15.6. The Morgan fingerprint density at radius 3 is 2.86 bits per heavy atom. The first kappa shape index (κ1) is 15.2. The zero-order valence-corrected chi connectivity index (χ0v) is 10.8. The number of nitrogens with one attached hydrogen (secondary N) is 1. The van der Waals surface area contributed by atoms with Gasteiger partial charge >= 0.3 is 5.69 Å². The van der Waals surface area contributed by atoms with Gasteiger partial charge in [0.2, 0.25) is 0 Å². The molecule has 2 rings (SSSR count). The molecule has 3 N–H and O–H groups in total. The van der Waals surface area contributed by atoms with Gasteiger partial charge in [0.05, 0.1) is 24.7 Å². The van der Waals surface area contributed by atoms with Crippen LogP contribution in [-0.2, 0) is 9.53 Å². The van der Waals surface area contributed by atoms with Gasteiger partial charge in [-0.25, -0.2) is 4.79 Å². The first-order valence-electron chi connectivity index (χ1n) is 6.09. The molecule has 3 atom stereocenters. The SMILES string of the molecule is O=C([O-])/C=C/c1cn([C@@H]2OC[C@@H](CO)[C@H]2O)c(=O)[nH]c1=O. The van der Waals surface area contributed by atoms with Gasteiger partial charge in [0.1, 0.15) is 6.10 Å². The molecule has 0 aromatic carbocycles. The minimum Gasteiger partial charge on any atom is -0.545 e. The number of H-pyrrole nitrogens is 1. The quantitative estimate of drug-likeness (QED) is 0.496. The van der Waals surface area contributed by atoms with E-state index in [9.17, 15) is 24.6 Å². The van der Waals surface area contributed by atoms with Crippen molar-refractivity contribution in [1.29, 1.82) is 0 Å². The monoisotopic (exact) mass is 297 g/mol. The van der Waals surface area contributed by atoms with Crippen LogP contribution < -0.4 is 16.4 Å². The third-order valence-electron chi connectivity index (χ3n) is 3.16. The summed E-state index contributed by atoms with van der Waals surface area (Å²) in [5.41, 5.74) is -1.70. The highest BCUT2D eigenvalue weighted by molar-refractivity contribution is 5.83. The molecule has 2 heterocycles. The Bertz CT molecular complexity index is 675. The number of aliphatic hydroxyl groups excluding tert-OH is 2. The van der Waals surface area contributed by atoms with Crippen molar-refractivity contribution < 1.29 is 24.9 Å². The van der Waals surface area contributed by atoms with Gasteiger partial charge in [0, 0.05) is 12.1 Å². The summed E-state index contributed by atoms with van der Waals surface area (Å²) in [6.45, 7) is -0.259. The first-order valence-corrected chi connectivity index (χ1v) is 6.09. The van der Waals surface area contributed by atoms with E-state index in [0.717, 1.165) is 16.8 Å². The highest BCUT2D eigenvalue weighted by Crippen LogP contribution is 2.27. The van der Waals surface area contributed by atoms with Crippen LogP contribution in [0.25, 0.3) is 6.08 Å². The lowest BCUT2D eigenvalue weighted by molar-refractivity contribution is -0.297. The minimum atomic E-state index is -1.50. The number of carboxylic acid groups (broad SMARTS) is 1. The van der Waals surface area contributed by atoms with Crippen LogP contribution in [0.2, 0.25) is 0 Å². The fourth-order valence-corrected chi connectivity index (χ4v) is 2.02. The second kappa shape index (κ2) is 6.04. The largest absolute Gasteiger partial charge is 0.545 e. The van der Waals surface area contributed by atoms with Crippen LogP contribution in [0.15, 0.2) is 21.9 Å². The van der Waals surface area contributed by atoms with E-state index in [4.69, 9.17) is 9.84 Å². The highest BCUT2D eigenvalue weighted by atomic mass is 16.5. The third kappa shape index (κ3) is 3.10. The number of nitrogens with zero attached hydrogens (tertiary/aromatic N) is 1. The molecule has 1 aromatic rings. The molecule has 1 saturated heterocycles. The van der Waals surface area contributed by atoms with E-state index in [1.807, 2.05) is 4.98 Å². The Morgan fingerprint density at radius 2 is 2.29 bits per heavy atom. The van der Waals surface area contributed by atoms with Crippen molar-refractivity contribution in [3.8, 4) is 0 Å². The van der Waals surface area contributed by atoms with Crippen LogP contribution in [0.1, 0.15) is 11.8 Å². The first-order chi connectivity index (χ1) is 9.93. The molecule has 0 unspecified atom stereocenters. The lowest BCUT2D eigenvalue weighted by atomic mass is 10.1. The molecule has 21 heavy (non-hydrogen) atoms. The molecule has 9 heteroatoms. The molecule has 9 nitrogen and oxygen atoms in total. The Hall–Kier alpha value is -2.23. The predicted molar refractivity (Wildman–Crippen MR) is 66.9 cm³/mol. The summed E-state index contributed by atoms with van der Waals surface area (Å²) < 4.78 is 6.18. The second-order valence-electron chi connectivity index (χ2n) is 4.56. The van der Waals surface area contributed by atoms with Crippen LogP contribution in [0.4, 0.5) is 0 Å². The lowest BCUT2D eigenvalue weighted by Crippen LogP contribution is -2.37. The number of aromatic amines is 1. The van der Waals surface area contributed by atoms with Crippen molar-refractivity contribution in [3.63, 3.8) is 0 Å². The summed E-state index contributed by atoms with van der Waals surface area (Å²) in [6.07, 6.45) is 0.489. The van der Waals surface area contributed by atoms with Crippen LogP contribution in [0.3, 0.4) is 0 Å². The summed E-state index contributed by atoms with van der Waals surface area (Å²) in [4.78, 5) is 35.7. The smallest absolute Gasteiger partial charge is 0.330 e. The predicted octanol–water partition coefficient (Wildman–Crippen LogP) is -3.20. The Morgan fingerprint density at radius 1 is 1.57 bits per heavy atom. The van der Waals surface area contributed by atoms with Crippen molar-refractivity contribution >= 4 is 12.0 Å². The van der Waals surface area contributed by atoms with E-state index in [1.165, 1.54) is 0 Å². The molecule has 1 aliphatic heterocycles. The molecule has 0 bridgehead atoms. The number of ether oxygens (including phenoxy) is 1. The number of carboxylic acids is 1. The molecule has 1 aromatic heterocycles. The van der Waals surface area contributed by atoms with Crippen LogP contribution in [0.5, 0.6) is 0 Å². The fourth-order valence-electron chi connectivity index (χ4n) is 2.02. The van der Waals surface area contributed by atoms with Gasteiger partial charge in [-0.05, 0) is 12.2 Å². The van der Waals surface area contributed by atoms with E-state index in [1.54, 1.807) is 0 Å². The second-order valence-corrected chi connectivity index (χ2v) is 4.56. The topological polar surface area (TPSA) is 145 Å². The van der Waals surface area contributed by atoms with Crippen LogP contribution in [-0.4, -0.2) is 45.1 Å². The van der Waals surface area contributed by atoms with Crippen LogP contribution >= 0.6 is 0 Å². The number of aliphatic carboxylic acids is 1. The van der Waals surface area contributed by atoms with E-state index >= 15 is 0 Å². The van der Waals surface area contributed by atoms with E-state index in [-0.39, 0.29) is 18.8 Å². The fraction of sp³-hybridized carbons (Fsp3) is 0.417. The van der Waals surface area contributed by atoms with Gasteiger partial charge < -0.3 is 24.9 Å². The van der Waals surface area contributed by atoms with Gasteiger partial charge in [-0.1, -0.05) is 0 Å². The Balaban J connectivity index is 2.41. The number of aliphatic hydroxyl groups is 2. The van der Waals surface area contributed by atoms with E-state index in [2.05, 4.69) is 0 Å². The number of aromatic nitrogens is 2. The van der Waals surface area contributed by atoms with Crippen molar-refractivity contribution in [2.24, 2.45) is 5.92 Å². The number of hydrogen-bond donors (Lipinski definition) is 3. The number of rotatable bonds is 4. The van der Waals surface area contributed by atoms with Gasteiger partial charge in [0.15, 0.2) is 6.23 Å². The third-order valence-corrected chi connectivity index (χ3v) is 3.16. The minimum absolute atomic E-state index is 0.0537. The molecule has 0 radical (unpaired) electrons. The molecule has 1 fully saturated rings. The standard InChI is InChI=1S/C12H14N2O7/c15-4-7-5-21-11(9(7)18)14-3-6(1-2-8(16)17)10(19)13-12(14)20/h1-3,7,9,11,15,18H,4-5H2,(H,16,17)(H,13,19,20)/p-1/b2-1+/t7-,9-,11-/m1/s1. The number of hydrogen-bond acceptors (Lipinski definition) is 7. The molecule has 0 saturated carbocycles. The van der Waals surface area contributed by atoms with Gasteiger partial charge in [0.25, 0.3) is 5.56 Å². The molecule has 1 aliphatic rings. The maximum Gasteiger partial charge on any atom is 0.330 e. The van der Waals surface area contributed by atoms with E-state index < -0.39 is 35.5 Å².